The van der Waals surface area contributed by atoms with Crippen molar-refractivity contribution >= 4 is 11.8 Å². The van der Waals surface area contributed by atoms with E-state index in [1.165, 1.54) is 37.2 Å². The zero-order valence-corrected chi connectivity index (χ0v) is 13.0. The molecule has 2 saturated heterocycles. The fourth-order valence-corrected chi connectivity index (χ4v) is 4.73. The fourth-order valence-electron chi connectivity index (χ4n) is 3.49. The van der Waals surface area contributed by atoms with Gasteiger partial charge in [0.15, 0.2) is 0 Å². The van der Waals surface area contributed by atoms with E-state index in [1.807, 2.05) is 0 Å². The van der Waals surface area contributed by atoms with Crippen LogP contribution in [-0.2, 0) is 4.74 Å². The predicted molar refractivity (Wildman–Crippen MR) is 80.0 cm³/mol. The van der Waals surface area contributed by atoms with Crippen LogP contribution in [0.15, 0.2) is 0 Å². The van der Waals surface area contributed by atoms with Gasteiger partial charge in [-0.15, -0.1) is 0 Å². The van der Waals surface area contributed by atoms with E-state index in [2.05, 4.69) is 32.5 Å². The largest absolute Gasteiger partial charge is 0.375 e. The molecule has 2 heterocycles. The third kappa shape index (κ3) is 2.88. The maximum absolute atomic E-state index is 6.67. The zero-order valence-electron chi connectivity index (χ0n) is 12.2. The first-order valence-electron chi connectivity index (χ1n) is 7.51. The summed E-state index contributed by atoms with van der Waals surface area (Å²) in [5.74, 6) is 3.74. The van der Waals surface area contributed by atoms with Crippen LogP contribution in [0.5, 0.6) is 0 Å². The van der Waals surface area contributed by atoms with E-state index in [4.69, 9.17) is 10.5 Å². The fraction of sp³-hybridized carbons (Fsp3) is 1.00. The third-order valence-corrected chi connectivity index (χ3v) is 6.44. The van der Waals surface area contributed by atoms with Crippen LogP contribution in [-0.4, -0.2) is 29.3 Å². The third-order valence-electron chi connectivity index (χ3n) is 5.45. The molecule has 2 N–H and O–H groups in total. The van der Waals surface area contributed by atoms with E-state index >= 15 is 0 Å². The van der Waals surface area contributed by atoms with Crippen LogP contribution in [0.1, 0.15) is 52.9 Å². The second kappa shape index (κ2) is 5.72. The SMILES string of the molecule is CCC(C)C(C)(N)C1CCOC2(CCSCC2)C1. The average Bonchev–Trinajstić information content (AvgIpc) is 2.38. The molecule has 3 unspecified atom stereocenters. The van der Waals surface area contributed by atoms with Gasteiger partial charge in [-0.2, -0.15) is 11.8 Å². The molecular formula is C15H29NOS. The molecule has 0 aromatic carbocycles. The first-order valence-corrected chi connectivity index (χ1v) is 8.66. The van der Waals surface area contributed by atoms with Gasteiger partial charge in [0.25, 0.3) is 0 Å². The molecule has 2 nitrogen and oxygen atoms in total. The van der Waals surface area contributed by atoms with E-state index < -0.39 is 0 Å². The maximum atomic E-state index is 6.67. The lowest BCUT2D eigenvalue weighted by molar-refractivity contribution is -0.116. The van der Waals surface area contributed by atoms with Crippen LogP contribution in [0.25, 0.3) is 0 Å². The van der Waals surface area contributed by atoms with Crippen molar-refractivity contribution in [2.24, 2.45) is 17.6 Å². The van der Waals surface area contributed by atoms with Crippen LogP contribution in [0, 0.1) is 11.8 Å². The minimum Gasteiger partial charge on any atom is -0.375 e. The highest BCUT2D eigenvalue weighted by Gasteiger charge is 2.45. The highest BCUT2D eigenvalue weighted by Crippen LogP contribution is 2.44. The van der Waals surface area contributed by atoms with Gasteiger partial charge < -0.3 is 10.5 Å². The van der Waals surface area contributed by atoms with Crippen molar-refractivity contribution in [2.45, 2.75) is 64.0 Å². The summed E-state index contributed by atoms with van der Waals surface area (Å²) in [5, 5.41) is 0. The molecule has 0 radical (unpaired) electrons. The molecule has 106 valence electrons. The van der Waals surface area contributed by atoms with Gasteiger partial charge in [0, 0.05) is 12.1 Å². The Balaban J connectivity index is 2.06. The van der Waals surface area contributed by atoms with E-state index in [0.717, 1.165) is 13.0 Å². The highest BCUT2D eigenvalue weighted by atomic mass is 32.2. The topological polar surface area (TPSA) is 35.2 Å². The lowest BCUT2D eigenvalue weighted by Crippen LogP contribution is -2.55. The Morgan fingerprint density at radius 3 is 2.72 bits per heavy atom. The lowest BCUT2D eigenvalue weighted by Gasteiger charge is -2.49. The maximum Gasteiger partial charge on any atom is 0.0701 e. The number of nitrogens with two attached hydrogens (primary N) is 1. The Hall–Kier alpha value is 0.270. The normalized spacial score (nSPS) is 33.0. The summed E-state index contributed by atoms with van der Waals surface area (Å²) >= 11 is 2.07. The zero-order chi connectivity index (χ0) is 13.2. The van der Waals surface area contributed by atoms with Gasteiger partial charge in [-0.25, -0.2) is 0 Å². The molecule has 0 aromatic rings. The molecule has 0 saturated carbocycles. The van der Waals surface area contributed by atoms with Crippen molar-refractivity contribution in [2.75, 3.05) is 18.1 Å². The number of hydrogen-bond donors (Lipinski definition) is 1. The van der Waals surface area contributed by atoms with Crippen molar-refractivity contribution < 1.29 is 4.74 Å². The standard InChI is InChI=1S/C15H29NOS/c1-4-12(2)14(3,16)13-5-8-17-15(11-13)6-9-18-10-7-15/h12-13H,4-11,16H2,1-3H3. The number of thioether (sulfide) groups is 1. The van der Waals surface area contributed by atoms with Crippen molar-refractivity contribution in [1.29, 1.82) is 0 Å². The van der Waals surface area contributed by atoms with Crippen molar-refractivity contribution in [3.8, 4) is 0 Å². The van der Waals surface area contributed by atoms with Crippen molar-refractivity contribution in [3.63, 3.8) is 0 Å². The number of ether oxygens (including phenoxy) is 1. The summed E-state index contributed by atoms with van der Waals surface area (Å²) in [6.45, 7) is 7.74. The molecule has 0 aromatic heterocycles. The summed E-state index contributed by atoms with van der Waals surface area (Å²) in [7, 11) is 0. The molecule has 0 aliphatic carbocycles. The van der Waals surface area contributed by atoms with Gasteiger partial charge in [0.2, 0.25) is 0 Å². The van der Waals surface area contributed by atoms with E-state index in [1.54, 1.807) is 0 Å². The summed E-state index contributed by atoms with van der Waals surface area (Å²) in [4.78, 5) is 0. The van der Waals surface area contributed by atoms with E-state index in [9.17, 15) is 0 Å². The number of rotatable bonds is 3. The highest BCUT2D eigenvalue weighted by molar-refractivity contribution is 7.99. The van der Waals surface area contributed by atoms with Crippen molar-refractivity contribution in [1.82, 2.24) is 0 Å². The molecule has 2 fully saturated rings. The van der Waals surface area contributed by atoms with Crippen molar-refractivity contribution in [3.05, 3.63) is 0 Å². The summed E-state index contributed by atoms with van der Waals surface area (Å²) < 4.78 is 6.18. The molecule has 18 heavy (non-hydrogen) atoms. The Bertz CT molecular complexity index is 268. The Morgan fingerprint density at radius 1 is 1.44 bits per heavy atom. The summed E-state index contributed by atoms with van der Waals surface area (Å²) in [6, 6.07) is 0. The Morgan fingerprint density at radius 2 is 2.11 bits per heavy atom. The first kappa shape index (κ1) is 14.7. The van der Waals surface area contributed by atoms with Crippen LogP contribution >= 0.6 is 11.8 Å². The number of hydrogen-bond acceptors (Lipinski definition) is 3. The molecule has 0 amide bonds. The molecule has 3 heteroatoms. The molecule has 2 aliphatic heterocycles. The van der Waals surface area contributed by atoms with Crippen LogP contribution in [0.3, 0.4) is 0 Å². The lowest BCUT2D eigenvalue weighted by atomic mass is 9.68. The van der Waals surface area contributed by atoms with Gasteiger partial charge in [0.05, 0.1) is 5.60 Å². The first-order chi connectivity index (χ1) is 8.50. The van der Waals surface area contributed by atoms with Gasteiger partial charge in [-0.3, -0.25) is 0 Å². The summed E-state index contributed by atoms with van der Waals surface area (Å²) in [5.41, 5.74) is 6.81. The minimum absolute atomic E-state index is 0.0316. The molecule has 0 bridgehead atoms. The molecule has 3 atom stereocenters. The molecule has 2 rings (SSSR count). The van der Waals surface area contributed by atoms with E-state index in [0.29, 0.717) is 11.8 Å². The van der Waals surface area contributed by atoms with Crippen LogP contribution in [0.2, 0.25) is 0 Å². The average molecular weight is 271 g/mol. The van der Waals surface area contributed by atoms with Gasteiger partial charge in [0.1, 0.15) is 0 Å². The molecule has 2 aliphatic rings. The second-order valence-electron chi connectivity index (χ2n) is 6.51. The Labute approximate surface area is 116 Å². The molecule has 1 spiro atoms. The molecular weight excluding hydrogens is 242 g/mol. The van der Waals surface area contributed by atoms with Gasteiger partial charge in [-0.05, 0) is 55.9 Å². The predicted octanol–water partition coefficient (Wildman–Crippen LogP) is 3.44. The van der Waals surface area contributed by atoms with Crippen LogP contribution in [0.4, 0.5) is 0 Å². The monoisotopic (exact) mass is 271 g/mol. The van der Waals surface area contributed by atoms with Gasteiger partial charge in [-0.1, -0.05) is 20.3 Å². The van der Waals surface area contributed by atoms with Gasteiger partial charge >= 0.3 is 0 Å². The second-order valence-corrected chi connectivity index (χ2v) is 7.73. The smallest absolute Gasteiger partial charge is 0.0701 e. The summed E-state index contributed by atoms with van der Waals surface area (Å²) in [6.07, 6.45) is 5.96. The quantitative estimate of drug-likeness (QED) is 0.854. The Kier molecular flexibility index (Phi) is 4.66. The minimum atomic E-state index is -0.0316. The van der Waals surface area contributed by atoms with Crippen LogP contribution < -0.4 is 5.73 Å². The van der Waals surface area contributed by atoms with E-state index in [-0.39, 0.29) is 11.1 Å².